The first-order chi connectivity index (χ1) is 10.0. The number of aryl methyl sites for hydroxylation is 2. The molecule has 0 N–H and O–H groups in total. The highest BCUT2D eigenvalue weighted by atomic mass is 32.1. The number of hydrogen-bond donors (Lipinski definition) is 0. The smallest absolute Gasteiger partial charge is 0.275 e. The molecule has 2 aromatic heterocycles. The Bertz CT molecular complexity index is 852. The third kappa shape index (κ3) is 2.80. The predicted octanol–water partition coefficient (Wildman–Crippen LogP) is 2.40. The van der Waals surface area contributed by atoms with Gasteiger partial charge < -0.3 is 4.90 Å². The average Bonchev–Trinajstić information content (AvgIpc) is 2.80. The summed E-state index contributed by atoms with van der Waals surface area (Å²) in [7, 11) is 2.00. The van der Waals surface area contributed by atoms with Gasteiger partial charge in [0.05, 0.1) is 12.2 Å². The van der Waals surface area contributed by atoms with Gasteiger partial charge in [-0.3, -0.25) is 4.79 Å². The quantitative estimate of drug-likeness (QED) is 0.745. The Labute approximate surface area is 126 Å². The summed E-state index contributed by atoms with van der Waals surface area (Å²) in [6, 6.07) is 9.81. The van der Waals surface area contributed by atoms with E-state index in [1.54, 1.807) is 6.07 Å². The van der Waals surface area contributed by atoms with Gasteiger partial charge in [0, 0.05) is 18.8 Å². The molecule has 0 aliphatic rings. The molecular weight excluding hydrogens is 284 g/mol. The highest BCUT2D eigenvalue weighted by Gasteiger charge is 2.09. The lowest BCUT2D eigenvalue weighted by Crippen LogP contribution is -2.21. The van der Waals surface area contributed by atoms with Gasteiger partial charge in [0.25, 0.3) is 5.56 Å². The van der Waals surface area contributed by atoms with E-state index in [0.717, 1.165) is 16.4 Å². The van der Waals surface area contributed by atoms with Crippen LogP contribution < -0.4 is 10.5 Å². The van der Waals surface area contributed by atoms with Crippen LogP contribution in [-0.4, -0.2) is 21.6 Å². The molecule has 3 rings (SSSR count). The Balaban J connectivity index is 1.92. The molecule has 108 valence electrons. The molecule has 2 heterocycles. The molecule has 3 aromatic rings. The summed E-state index contributed by atoms with van der Waals surface area (Å²) in [5, 5.41) is 4.99. The lowest BCUT2D eigenvalue weighted by atomic mass is 10.2. The second-order valence-corrected chi connectivity index (χ2v) is 6.26. The van der Waals surface area contributed by atoms with Crippen LogP contribution in [0.3, 0.4) is 0 Å². The largest absolute Gasteiger partial charge is 0.369 e. The van der Waals surface area contributed by atoms with Crippen molar-refractivity contribution in [2.75, 3.05) is 11.9 Å². The van der Waals surface area contributed by atoms with E-state index >= 15 is 0 Å². The van der Waals surface area contributed by atoms with Crippen LogP contribution in [0.4, 0.5) is 5.69 Å². The molecule has 0 saturated carbocycles. The van der Waals surface area contributed by atoms with Crippen molar-refractivity contribution in [1.29, 1.82) is 0 Å². The number of aromatic nitrogens is 3. The summed E-state index contributed by atoms with van der Waals surface area (Å²) in [5.74, 6) is 0. The molecule has 0 spiro atoms. The summed E-state index contributed by atoms with van der Waals surface area (Å²) in [6.45, 7) is 4.53. The van der Waals surface area contributed by atoms with E-state index in [-0.39, 0.29) is 5.56 Å². The first-order valence-corrected chi connectivity index (χ1v) is 7.49. The third-order valence-corrected chi connectivity index (χ3v) is 4.06. The fraction of sp³-hybridized carbons (Fsp3) is 0.267. The van der Waals surface area contributed by atoms with Crippen molar-refractivity contribution in [2.24, 2.45) is 0 Å². The maximum absolute atomic E-state index is 12.0. The van der Waals surface area contributed by atoms with Crippen LogP contribution in [0.15, 0.2) is 35.1 Å². The van der Waals surface area contributed by atoms with Gasteiger partial charge in [-0.2, -0.15) is 9.61 Å². The molecular formula is C15H16N4OS. The molecule has 1 aromatic carbocycles. The zero-order valence-electron chi connectivity index (χ0n) is 12.2. The Kier molecular flexibility index (Phi) is 3.47. The number of hydrogen-bond acceptors (Lipinski definition) is 5. The maximum atomic E-state index is 12.0. The van der Waals surface area contributed by atoms with Crippen LogP contribution in [0.25, 0.3) is 4.96 Å². The summed E-state index contributed by atoms with van der Waals surface area (Å²) in [4.78, 5) is 19.3. The van der Waals surface area contributed by atoms with Crippen molar-refractivity contribution in [3.8, 4) is 0 Å². The molecule has 6 heteroatoms. The van der Waals surface area contributed by atoms with Gasteiger partial charge in [0.1, 0.15) is 5.01 Å². The first kappa shape index (κ1) is 13.8. The van der Waals surface area contributed by atoms with Crippen molar-refractivity contribution >= 4 is 22.0 Å². The van der Waals surface area contributed by atoms with E-state index in [4.69, 9.17) is 0 Å². The van der Waals surface area contributed by atoms with Gasteiger partial charge in [-0.15, -0.1) is 0 Å². The minimum absolute atomic E-state index is 0.128. The monoisotopic (exact) mass is 300 g/mol. The molecule has 0 aliphatic carbocycles. The van der Waals surface area contributed by atoms with E-state index in [9.17, 15) is 4.79 Å². The Morgan fingerprint density at radius 2 is 2.10 bits per heavy atom. The summed E-state index contributed by atoms with van der Waals surface area (Å²) < 4.78 is 1.36. The Hall–Kier alpha value is -2.21. The molecule has 0 saturated heterocycles. The molecule has 5 nitrogen and oxygen atoms in total. The zero-order chi connectivity index (χ0) is 15.0. The molecule has 0 unspecified atom stereocenters. The molecule has 21 heavy (non-hydrogen) atoms. The van der Waals surface area contributed by atoms with E-state index < -0.39 is 0 Å². The predicted molar refractivity (Wildman–Crippen MR) is 85.2 cm³/mol. The molecule has 0 atom stereocenters. The fourth-order valence-corrected chi connectivity index (χ4v) is 3.00. The van der Waals surface area contributed by atoms with Gasteiger partial charge in [-0.05, 0) is 31.5 Å². The molecule has 0 aliphatic heterocycles. The summed E-state index contributed by atoms with van der Waals surface area (Å²) >= 11 is 1.43. The number of nitrogens with zero attached hydrogens (tertiary/aromatic N) is 4. The van der Waals surface area contributed by atoms with Gasteiger partial charge in [0.2, 0.25) is 4.96 Å². The third-order valence-electron chi connectivity index (χ3n) is 3.24. The highest BCUT2D eigenvalue weighted by molar-refractivity contribution is 7.16. The second-order valence-electron chi connectivity index (χ2n) is 5.10. The Morgan fingerprint density at radius 3 is 2.86 bits per heavy atom. The number of benzene rings is 1. The van der Waals surface area contributed by atoms with Crippen molar-refractivity contribution in [3.63, 3.8) is 0 Å². The van der Waals surface area contributed by atoms with Crippen molar-refractivity contribution < 1.29 is 0 Å². The average molecular weight is 300 g/mol. The van der Waals surface area contributed by atoms with Crippen molar-refractivity contribution in [1.82, 2.24) is 14.6 Å². The fourth-order valence-electron chi connectivity index (χ4n) is 2.23. The van der Waals surface area contributed by atoms with Crippen LogP contribution in [0.2, 0.25) is 0 Å². The van der Waals surface area contributed by atoms with Crippen LogP contribution in [0.1, 0.15) is 16.3 Å². The minimum Gasteiger partial charge on any atom is -0.369 e. The summed E-state index contributed by atoms with van der Waals surface area (Å²) in [6.07, 6.45) is 0. The van der Waals surface area contributed by atoms with Crippen molar-refractivity contribution in [3.05, 3.63) is 57.0 Å². The number of rotatable bonds is 3. The van der Waals surface area contributed by atoms with E-state index in [0.29, 0.717) is 11.5 Å². The first-order valence-electron chi connectivity index (χ1n) is 6.67. The SMILES string of the molecule is Cc1cccc(N(C)Cc2cc(=O)n3nc(C)sc3n2)c1. The summed E-state index contributed by atoms with van der Waals surface area (Å²) in [5.41, 5.74) is 2.95. The maximum Gasteiger partial charge on any atom is 0.275 e. The van der Waals surface area contributed by atoms with E-state index in [2.05, 4.69) is 40.1 Å². The van der Waals surface area contributed by atoms with Gasteiger partial charge in [-0.25, -0.2) is 4.98 Å². The lowest BCUT2D eigenvalue weighted by Gasteiger charge is -2.19. The van der Waals surface area contributed by atoms with Crippen LogP contribution in [0, 0.1) is 13.8 Å². The molecule has 0 amide bonds. The number of fused-ring (bicyclic) bond motifs is 1. The van der Waals surface area contributed by atoms with E-state index in [1.165, 1.54) is 21.4 Å². The standard InChI is InChI=1S/C15H16N4OS/c1-10-5-4-6-13(7-10)18(3)9-12-8-14(20)19-15(16-12)21-11(2)17-19/h4-8H,9H2,1-3H3. The zero-order valence-corrected chi connectivity index (χ0v) is 13.0. The van der Waals surface area contributed by atoms with Gasteiger partial charge in [-0.1, -0.05) is 23.5 Å². The number of anilines is 1. The van der Waals surface area contributed by atoms with Gasteiger partial charge >= 0.3 is 0 Å². The van der Waals surface area contributed by atoms with Crippen LogP contribution >= 0.6 is 11.3 Å². The lowest BCUT2D eigenvalue weighted by molar-refractivity contribution is 0.835. The normalized spacial score (nSPS) is 11.0. The molecule has 0 fully saturated rings. The van der Waals surface area contributed by atoms with Crippen LogP contribution in [-0.2, 0) is 6.54 Å². The van der Waals surface area contributed by atoms with E-state index in [1.807, 2.05) is 20.0 Å². The highest BCUT2D eigenvalue weighted by Crippen LogP contribution is 2.17. The second kappa shape index (κ2) is 5.29. The van der Waals surface area contributed by atoms with Gasteiger partial charge in [0.15, 0.2) is 0 Å². The van der Waals surface area contributed by atoms with Crippen molar-refractivity contribution in [2.45, 2.75) is 20.4 Å². The topological polar surface area (TPSA) is 50.5 Å². The molecule has 0 radical (unpaired) electrons. The minimum atomic E-state index is -0.128. The Morgan fingerprint density at radius 1 is 1.29 bits per heavy atom. The van der Waals surface area contributed by atoms with Crippen LogP contribution in [0.5, 0.6) is 0 Å². The molecule has 0 bridgehead atoms.